The maximum absolute atomic E-state index is 5.62. The van der Waals surface area contributed by atoms with Crippen LogP contribution in [0.15, 0.2) is 24.3 Å². The van der Waals surface area contributed by atoms with Crippen LogP contribution >= 0.6 is 0 Å². The predicted molar refractivity (Wildman–Crippen MR) is 81.1 cm³/mol. The van der Waals surface area contributed by atoms with Crippen molar-refractivity contribution in [2.75, 3.05) is 33.4 Å². The summed E-state index contributed by atoms with van der Waals surface area (Å²) in [5, 5.41) is 0. The van der Waals surface area contributed by atoms with Crippen LogP contribution in [0.4, 0.5) is 0 Å². The molecule has 1 aliphatic heterocycles. The van der Waals surface area contributed by atoms with E-state index in [-0.39, 0.29) is 0 Å². The molecule has 108 valence electrons. The zero-order chi connectivity index (χ0) is 14.2. The molecule has 0 amide bonds. The van der Waals surface area contributed by atoms with Crippen molar-refractivity contribution in [3.63, 3.8) is 0 Å². The molecule has 1 heterocycles. The quantitative estimate of drug-likeness (QED) is 0.787. The number of likely N-dealkylation sites (tertiary alicyclic amines) is 1. The maximum Gasteiger partial charge on any atom is 0.162 e. The highest BCUT2D eigenvalue weighted by molar-refractivity contribution is 5.39. The fraction of sp³-hybridized carbons (Fsp3) is 0.529. The van der Waals surface area contributed by atoms with Crippen molar-refractivity contribution >= 4 is 0 Å². The molecule has 20 heavy (non-hydrogen) atoms. The summed E-state index contributed by atoms with van der Waals surface area (Å²) in [7, 11) is 1.64. The van der Waals surface area contributed by atoms with Crippen LogP contribution in [0.2, 0.25) is 0 Å². The van der Waals surface area contributed by atoms with Gasteiger partial charge in [-0.15, -0.1) is 0 Å². The van der Waals surface area contributed by atoms with Crippen LogP contribution in [-0.2, 0) is 0 Å². The minimum atomic E-state index is 0.407. The predicted octanol–water partition coefficient (Wildman–Crippen LogP) is 2.81. The molecule has 3 heteroatoms. The number of hydrogen-bond acceptors (Lipinski definition) is 3. The first-order valence-electron chi connectivity index (χ1n) is 7.23. The molecule has 2 rings (SSSR count). The van der Waals surface area contributed by atoms with Crippen molar-refractivity contribution < 1.29 is 9.47 Å². The SMILES string of the molecule is COc1ccccc1OCC#CCN1CCC[C@@H](C)C1. The number of ether oxygens (including phenoxy) is 2. The zero-order valence-electron chi connectivity index (χ0n) is 12.4. The second-order valence-corrected chi connectivity index (χ2v) is 5.28. The van der Waals surface area contributed by atoms with Gasteiger partial charge in [0.05, 0.1) is 13.7 Å². The molecular formula is C17H23NO2. The fourth-order valence-electron chi connectivity index (χ4n) is 2.50. The van der Waals surface area contributed by atoms with Crippen molar-refractivity contribution in [3.8, 4) is 23.3 Å². The normalized spacial score (nSPS) is 19.0. The van der Waals surface area contributed by atoms with Gasteiger partial charge >= 0.3 is 0 Å². The van der Waals surface area contributed by atoms with Crippen LogP contribution in [0.3, 0.4) is 0 Å². The number of hydrogen-bond donors (Lipinski definition) is 0. The van der Waals surface area contributed by atoms with E-state index in [1.165, 1.54) is 25.9 Å². The van der Waals surface area contributed by atoms with E-state index in [2.05, 4.69) is 23.7 Å². The summed E-state index contributed by atoms with van der Waals surface area (Å²) in [6.45, 7) is 5.90. The monoisotopic (exact) mass is 273 g/mol. The van der Waals surface area contributed by atoms with Crippen LogP contribution in [0.1, 0.15) is 19.8 Å². The molecule has 0 aliphatic carbocycles. The van der Waals surface area contributed by atoms with Crippen molar-refractivity contribution in [1.29, 1.82) is 0 Å². The number of methoxy groups -OCH3 is 1. The molecule has 0 N–H and O–H groups in total. The molecule has 0 unspecified atom stereocenters. The van der Waals surface area contributed by atoms with Crippen LogP contribution in [0.5, 0.6) is 11.5 Å². The standard InChI is InChI=1S/C17H23NO2/c1-15-8-7-12-18(14-15)11-5-6-13-20-17-10-4-3-9-16(17)19-2/h3-4,9-10,15H,7-8,11-14H2,1-2H3/t15-/m1/s1. The van der Waals surface area contributed by atoms with Gasteiger partial charge in [-0.3, -0.25) is 4.90 Å². The Morgan fingerprint density at radius 1 is 1.25 bits per heavy atom. The van der Waals surface area contributed by atoms with Gasteiger partial charge in [0.1, 0.15) is 6.61 Å². The van der Waals surface area contributed by atoms with E-state index in [1.807, 2.05) is 24.3 Å². The maximum atomic E-state index is 5.62. The summed E-state index contributed by atoms with van der Waals surface area (Å²) >= 11 is 0. The highest BCUT2D eigenvalue weighted by Gasteiger charge is 2.14. The molecule has 1 atom stereocenters. The molecule has 1 aromatic rings. The number of piperidine rings is 1. The van der Waals surface area contributed by atoms with Crippen molar-refractivity contribution in [1.82, 2.24) is 4.90 Å². The van der Waals surface area contributed by atoms with Crippen molar-refractivity contribution in [2.45, 2.75) is 19.8 Å². The lowest BCUT2D eigenvalue weighted by Crippen LogP contribution is -2.34. The highest BCUT2D eigenvalue weighted by atomic mass is 16.5. The Hall–Kier alpha value is -1.66. The van der Waals surface area contributed by atoms with Gasteiger partial charge in [0, 0.05) is 6.54 Å². The Morgan fingerprint density at radius 3 is 2.80 bits per heavy atom. The van der Waals surface area contributed by atoms with Gasteiger partial charge in [0.15, 0.2) is 11.5 Å². The second kappa shape index (κ2) is 7.81. The van der Waals surface area contributed by atoms with Crippen LogP contribution < -0.4 is 9.47 Å². The van der Waals surface area contributed by atoms with Crippen LogP contribution in [-0.4, -0.2) is 38.3 Å². The Balaban J connectivity index is 1.74. The largest absolute Gasteiger partial charge is 0.493 e. The first-order valence-corrected chi connectivity index (χ1v) is 7.23. The lowest BCUT2D eigenvalue weighted by atomic mass is 10.0. The van der Waals surface area contributed by atoms with Gasteiger partial charge in [-0.2, -0.15) is 0 Å². The summed E-state index contributed by atoms with van der Waals surface area (Å²) < 4.78 is 10.8. The summed E-state index contributed by atoms with van der Waals surface area (Å²) in [5.74, 6) is 8.57. The Bertz CT molecular complexity index is 475. The van der Waals surface area contributed by atoms with Gasteiger partial charge in [0.25, 0.3) is 0 Å². The third kappa shape index (κ3) is 4.47. The molecule has 0 aromatic heterocycles. The summed E-state index contributed by atoms with van der Waals surface area (Å²) in [6.07, 6.45) is 2.64. The summed E-state index contributed by atoms with van der Waals surface area (Å²) in [6, 6.07) is 7.64. The average Bonchev–Trinajstić information content (AvgIpc) is 2.47. The fourth-order valence-corrected chi connectivity index (χ4v) is 2.50. The van der Waals surface area contributed by atoms with Gasteiger partial charge in [-0.1, -0.05) is 30.9 Å². The van der Waals surface area contributed by atoms with E-state index in [0.29, 0.717) is 6.61 Å². The molecule has 1 saturated heterocycles. The average molecular weight is 273 g/mol. The molecule has 0 bridgehead atoms. The smallest absolute Gasteiger partial charge is 0.162 e. The minimum absolute atomic E-state index is 0.407. The van der Waals surface area contributed by atoms with E-state index < -0.39 is 0 Å². The lowest BCUT2D eigenvalue weighted by Gasteiger charge is -2.28. The topological polar surface area (TPSA) is 21.7 Å². The molecule has 3 nitrogen and oxygen atoms in total. The van der Waals surface area contributed by atoms with Crippen LogP contribution in [0, 0.1) is 17.8 Å². The Kier molecular flexibility index (Phi) is 5.76. The molecule has 1 aromatic carbocycles. The van der Waals surface area contributed by atoms with E-state index in [1.54, 1.807) is 7.11 Å². The van der Waals surface area contributed by atoms with Crippen LogP contribution in [0.25, 0.3) is 0 Å². The highest BCUT2D eigenvalue weighted by Crippen LogP contribution is 2.25. The molecule has 0 spiro atoms. The third-order valence-electron chi connectivity index (χ3n) is 3.54. The number of nitrogens with zero attached hydrogens (tertiary/aromatic N) is 1. The van der Waals surface area contributed by atoms with E-state index in [9.17, 15) is 0 Å². The molecule has 1 aliphatic rings. The van der Waals surface area contributed by atoms with Crippen molar-refractivity contribution in [3.05, 3.63) is 24.3 Å². The minimum Gasteiger partial charge on any atom is -0.493 e. The van der Waals surface area contributed by atoms with E-state index in [0.717, 1.165) is 24.0 Å². The summed E-state index contributed by atoms with van der Waals surface area (Å²) in [4.78, 5) is 2.42. The van der Waals surface area contributed by atoms with Gasteiger partial charge in [-0.25, -0.2) is 0 Å². The van der Waals surface area contributed by atoms with E-state index in [4.69, 9.17) is 9.47 Å². The van der Waals surface area contributed by atoms with Gasteiger partial charge < -0.3 is 9.47 Å². The number of para-hydroxylation sites is 2. The molecule has 0 radical (unpaired) electrons. The molecular weight excluding hydrogens is 250 g/mol. The molecule has 1 fully saturated rings. The lowest BCUT2D eigenvalue weighted by molar-refractivity contribution is 0.204. The Morgan fingerprint density at radius 2 is 2.05 bits per heavy atom. The number of benzene rings is 1. The zero-order valence-corrected chi connectivity index (χ0v) is 12.4. The third-order valence-corrected chi connectivity index (χ3v) is 3.54. The molecule has 0 saturated carbocycles. The second-order valence-electron chi connectivity index (χ2n) is 5.28. The number of rotatable bonds is 4. The Labute approximate surface area is 121 Å². The van der Waals surface area contributed by atoms with E-state index >= 15 is 0 Å². The summed E-state index contributed by atoms with van der Waals surface area (Å²) in [5.41, 5.74) is 0. The van der Waals surface area contributed by atoms with Crippen molar-refractivity contribution in [2.24, 2.45) is 5.92 Å². The first-order chi connectivity index (χ1) is 9.79. The van der Waals surface area contributed by atoms with Gasteiger partial charge in [-0.05, 0) is 37.4 Å². The van der Waals surface area contributed by atoms with Gasteiger partial charge in [0.2, 0.25) is 0 Å². The first kappa shape index (κ1) is 14.7.